The summed E-state index contributed by atoms with van der Waals surface area (Å²) in [5, 5.41) is 23.2. The molecule has 1 aliphatic carbocycles. The number of nitrogens with zero attached hydrogens (tertiary/aromatic N) is 4. The number of nitriles is 1. The number of rotatable bonds is 9. The molecule has 1 saturated heterocycles. The van der Waals surface area contributed by atoms with Crippen molar-refractivity contribution >= 4 is 17.7 Å². The van der Waals surface area contributed by atoms with Crippen molar-refractivity contribution in [3.05, 3.63) is 86.1 Å². The van der Waals surface area contributed by atoms with E-state index in [0.29, 0.717) is 49.2 Å². The van der Waals surface area contributed by atoms with Gasteiger partial charge in [0.2, 0.25) is 5.91 Å². The van der Waals surface area contributed by atoms with Gasteiger partial charge in [0.25, 0.3) is 11.8 Å². The van der Waals surface area contributed by atoms with Gasteiger partial charge in [-0.3, -0.25) is 19.4 Å². The minimum Gasteiger partial charge on any atom is -0.355 e. The third kappa shape index (κ3) is 5.95. The van der Waals surface area contributed by atoms with E-state index in [9.17, 15) is 24.4 Å². The van der Waals surface area contributed by atoms with Crippen molar-refractivity contribution < 1.29 is 14.4 Å². The summed E-state index contributed by atoms with van der Waals surface area (Å²) < 4.78 is 1.43. The largest absolute Gasteiger partial charge is 0.355 e. The van der Waals surface area contributed by atoms with Gasteiger partial charge < -0.3 is 20.9 Å². The van der Waals surface area contributed by atoms with Crippen LogP contribution < -0.4 is 21.6 Å². The number of aromatic nitrogens is 3. The van der Waals surface area contributed by atoms with E-state index in [1.165, 1.54) is 4.68 Å². The summed E-state index contributed by atoms with van der Waals surface area (Å²) in [6, 6.07) is 12.6. The van der Waals surface area contributed by atoms with Crippen molar-refractivity contribution in [3.63, 3.8) is 0 Å². The first-order valence-corrected chi connectivity index (χ1v) is 15.9. The Morgan fingerprint density at radius 2 is 1.61 bits per heavy atom. The third-order valence-electron chi connectivity index (χ3n) is 9.24. The molecule has 3 amide bonds. The van der Waals surface area contributed by atoms with Crippen molar-refractivity contribution in [2.24, 2.45) is 0 Å². The summed E-state index contributed by atoms with van der Waals surface area (Å²) in [4.78, 5) is 56.6. The predicted octanol–water partition coefficient (Wildman–Crippen LogP) is 2.19. The summed E-state index contributed by atoms with van der Waals surface area (Å²) >= 11 is 0. The van der Waals surface area contributed by atoms with Crippen LogP contribution >= 0.6 is 0 Å². The number of carbonyl (C=O) groups excluding carboxylic acids is 3. The molecule has 0 bridgehead atoms. The molecule has 2 aliphatic rings. The molecule has 1 aliphatic heterocycles. The van der Waals surface area contributed by atoms with Gasteiger partial charge in [-0.25, -0.2) is 9.48 Å². The molecule has 4 N–H and O–H groups in total. The molecule has 46 heavy (non-hydrogen) atoms. The van der Waals surface area contributed by atoms with E-state index >= 15 is 0 Å². The fraction of sp³-hybridized carbons (Fsp3) is 0.471. The van der Waals surface area contributed by atoms with E-state index in [1.807, 2.05) is 45.0 Å². The van der Waals surface area contributed by atoms with Gasteiger partial charge in [-0.15, -0.1) is 0 Å². The lowest BCUT2D eigenvalue weighted by molar-refractivity contribution is -0.130. The molecule has 1 aromatic heterocycles. The van der Waals surface area contributed by atoms with Gasteiger partial charge in [-0.2, -0.15) is 10.4 Å². The zero-order chi connectivity index (χ0) is 33.2. The second-order valence-corrected chi connectivity index (χ2v) is 12.5. The highest BCUT2D eigenvalue weighted by Gasteiger charge is 2.45. The molecular formula is C34H42N8O4. The van der Waals surface area contributed by atoms with E-state index < -0.39 is 11.5 Å². The number of hydrogen-bond donors (Lipinski definition) is 4. The molecule has 12 nitrogen and oxygen atoms in total. The Morgan fingerprint density at radius 3 is 2.11 bits per heavy atom. The molecule has 1 fully saturated rings. The summed E-state index contributed by atoms with van der Waals surface area (Å²) in [5.74, 6) is -0.101. The highest BCUT2D eigenvalue weighted by molar-refractivity contribution is 5.95. The molecular weight excluding hydrogens is 584 g/mol. The van der Waals surface area contributed by atoms with Crippen LogP contribution in [-0.2, 0) is 23.1 Å². The fourth-order valence-corrected chi connectivity index (χ4v) is 6.96. The van der Waals surface area contributed by atoms with Gasteiger partial charge in [-0.1, -0.05) is 12.1 Å². The smallest absolute Gasteiger partial charge is 0.343 e. The first kappa shape index (κ1) is 32.6. The van der Waals surface area contributed by atoms with Gasteiger partial charge in [0.05, 0.1) is 24.1 Å². The van der Waals surface area contributed by atoms with E-state index in [2.05, 4.69) is 27.0 Å². The Morgan fingerprint density at radius 1 is 1.02 bits per heavy atom. The molecule has 242 valence electrons. The van der Waals surface area contributed by atoms with Crippen LogP contribution in [-0.4, -0.2) is 76.7 Å². The normalized spacial score (nSPS) is 17.4. The first-order valence-electron chi connectivity index (χ1n) is 15.9. The third-order valence-corrected chi connectivity index (χ3v) is 9.24. The number of aromatic amines is 1. The number of amides is 3. The second kappa shape index (κ2) is 13.3. The van der Waals surface area contributed by atoms with Crippen molar-refractivity contribution in [3.8, 4) is 6.07 Å². The Labute approximate surface area is 268 Å². The maximum atomic E-state index is 13.3. The summed E-state index contributed by atoms with van der Waals surface area (Å²) in [6.45, 7) is 6.38. The number of fused-ring (bicyclic) bond motifs is 2. The molecule has 0 spiro atoms. The number of carbonyl (C=O) groups is 3. The van der Waals surface area contributed by atoms with Gasteiger partial charge in [0, 0.05) is 37.8 Å². The second-order valence-electron chi connectivity index (χ2n) is 12.5. The molecule has 0 unspecified atom stereocenters. The van der Waals surface area contributed by atoms with Crippen molar-refractivity contribution in [2.45, 2.75) is 76.4 Å². The van der Waals surface area contributed by atoms with Gasteiger partial charge in [-0.05, 0) is 99.4 Å². The first-order chi connectivity index (χ1) is 22.0. The van der Waals surface area contributed by atoms with E-state index in [1.54, 1.807) is 31.1 Å². The lowest BCUT2D eigenvalue weighted by atomic mass is 9.67. The average molecular weight is 627 g/mol. The minimum atomic E-state index is -1.01. The molecule has 0 radical (unpaired) electrons. The van der Waals surface area contributed by atoms with Gasteiger partial charge >= 0.3 is 5.69 Å². The Hall–Kier alpha value is -4.76. The van der Waals surface area contributed by atoms with Crippen LogP contribution in [0, 0.1) is 11.3 Å². The standard InChI is InChI=1S/C34H42N8O4/c1-20(2)42-33(46)39-32(40-42)34(17-21(3)38-19-29(43)41-14-6-7-26(41)18-35)27-12-10-24(30(44)36-4)15-22(27)8-9-23-16-25(31(45)37-5)11-13-28(23)34/h10-13,15-16,20-21,26,38H,6-9,14,17,19H2,1-5H3,(H,36,44)(H,37,45)(H,39,40,46)/t21-,26+/m1/s1. The number of aryl methyl sites for hydroxylation is 2. The molecule has 2 atom stereocenters. The molecule has 2 aromatic carbocycles. The van der Waals surface area contributed by atoms with Crippen molar-refractivity contribution in [1.82, 2.24) is 35.6 Å². The Kier molecular flexibility index (Phi) is 9.44. The summed E-state index contributed by atoms with van der Waals surface area (Å²) in [6.07, 6.45) is 3.05. The van der Waals surface area contributed by atoms with Gasteiger partial charge in [0.15, 0.2) is 0 Å². The molecule has 12 heteroatoms. The topological polar surface area (TPSA) is 165 Å². The van der Waals surface area contributed by atoms with Crippen LogP contribution in [0.2, 0.25) is 0 Å². The lowest BCUT2D eigenvalue weighted by Crippen LogP contribution is -2.45. The number of benzene rings is 2. The highest BCUT2D eigenvalue weighted by Crippen LogP contribution is 2.47. The zero-order valence-corrected chi connectivity index (χ0v) is 27.1. The maximum Gasteiger partial charge on any atom is 0.343 e. The molecule has 5 rings (SSSR count). The summed E-state index contributed by atoms with van der Waals surface area (Å²) in [5.41, 5.74) is 3.31. The number of likely N-dealkylation sites (tertiary alicyclic amines) is 1. The van der Waals surface area contributed by atoms with Crippen LogP contribution in [0.4, 0.5) is 0 Å². The van der Waals surface area contributed by atoms with Crippen LogP contribution in [0.3, 0.4) is 0 Å². The SMILES string of the molecule is CNC(=O)c1ccc2c(c1)CCc1cc(C(=O)NC)ccc1C2(C[C@@H](C)NCC(=O)N1CCC[C@H]1C#N)c1nn(C(C)C)c(=O)[nH]1. The van der Waals surface area contributed by atoms with Crippen LogP contribution in [0.1, 0.15) is 94.9 Å². The molecule has 3 aromatic rings. The molecule has 0 saturated carbocycles. The van der Waals surface area contributed by atoms with E-state index in [0.717, 1.165) is 28.7 Å². The average Bonchev–Trinajstić information content (AvgIpc) is 3.68. The van der Waals surface area contributed by atoms with Crippen molar-refractivity contribution in [2.75, 3.05) is 27.2 Å². The monoisotopic (exact) mass is 626 g/mol. The highest BCUT2D eigenvalue weighted by atomic mass is 16.2. The number of H-pyrrole nitrogens is 1. The maximum absolute atomic E-state index is 13.3. The fourth-order valence-electron chi connectivity index (χ4n) is 6.96. The van der Waals surface area contributed by atoms with Crippen LogP contribution in [0.15, 0.2) is 41.2 Å². The number of nitrogens with one attached hydrogen (secondary N) is 4. The number of hydrogen-bond acceptors (Lipinski definition) is 7. The molecule has 2 heterocycles. The minimum absolute atomic E-state index is 0.0529. The quantitative estimate of drug-likeness (QED) is 0.283. The zero-order valence-electron chi connectivity index (χ0n) is 27.1. The van der Waals surface area contributed by atoms with E-state index in [-0.39, 0.29) is 42.0 Å². The Bertz CT molecular complexity index is 1680. The van der Waals surface area contributed by atoms with Crippen LogP contribution in [0.5, 0.6) is 0 Å². The lowest BCUT2D eigenvalue weighted by Gasteiger charge is -2.37. The predicted molar refractivity (Wildman–Crippen MR) is 173 cm³/mol. The van der Waals surface area contributed by atoms with Crippen LogP contribution in [0.25, 0.3) is 0 Å². The van der Waals surface area contributed by atoms with Crippen molar-refractivity contribution in [1.29, 1.82) is 5.26 Å². The van der Waals surface area contributed by atoms with Gasteiger partial charge in [0.1, 0.15) is 11.9 Å². The Balaban J connectivity index is 1.68. The van der Waals surface area contributed by atoms with E-state index in [4.69, 9.17) is 5.10 Å². The summed E-state index contributed by atoms with van der Waals surface area (Å²) in [7, 11) is 3.18.